The Bertz CT molecular complexity index is 132. The largest absolute Gasteiger partial charge is 0.414 e. The van der Waals surface area contributed by atoms with Crippen LogP contribution in [0.3, 0.4) is 0 Å². The second-order valence-corrected chi connectivity index (χ2v) is 3.03. The third kappa shape index (κ3) is 2.36. The molecule has 1 heterocycles. The molecule has 1 rings (SSSR count). The molecule has 1 fully saturated rings. The van der Waals surface area contributed by atoms with Gasteiger partial charge in [-0.25, -0.2) is 0 Å². The van der Waals surface area contributed by atoms with Gasteiger partial charge in [-0.3, -0.25) is 0 Å². The minimum absolute atomic E-state index is 0.115. The molecular formula is C7H11F3O. The van der Waals surface area contributed by atoms with E-state index in [0.29, 0.717) is 0 Å². The van der Waals surface area contributed by atoms with Crippen LogP contribution in [0.1, 0.15) is 19.8 Å². The highest BCUT2D eigenvalue weighted by atomic mass is 19.4. The predicted molar refractivity (Wildman–Crippen MR) is 34.2 cm³/mol. The second-order valence-electron chi connectivity index (χ2n) is 3.03. The van der Waals surface area contributed by atoms with Gasteiger partial charge in [0.1, 0.15) is 0 Å². The molecule has 66 valence electrons. The molecule has 2 unspecified atom stereocenters. The van der Waals surface area contributed by atoms with E-state index < -0.39 is 12.3 Å². The molecule has 0 N–H and O–H groups in total. The number of alkyl halides is 3. The van der Waals surface area contributed by atoms with Gasteiger partial charge in [-0.05, 0) is 18.8 Å². The number of hydrogen-bond acceptors (Lipinski definition) is 1. The van der Waals surface area contributed by atoms with E-state index >= 15 is 0 Å². The van der Waals surface area contributed by atoms with Gasteiger partial charge in [-0.2, -0.15) is 13.2 Å². The highest BCUT2D eigenvalue weighted by molar-refractivity contribution is 4.74. The first-order valence-electron chi connectivity index (χ1n) is 3.68. The van der Waals surface area contributed by atoms with Crippen molar-refractivity contribution < 1.29 is 17.9 Å². The number of halogens is 3. The van der Waals surface area contributed by atoms with Crippen LogP contribution in [0.25, 0.3) is 0 Å². The summed E-state index contributed by atoms with van der Waals surface area (Å²) < 4.78 is 40.6. The van der Waals surface area contributed by atoms with E-state index in [1.54, 1.807) is 0 Å². The summed E-state index contributed by atoms with van der Waals surface area (Å²) in [4.78, 5) is 0. The molecule has 0 saturated carbocycles. The average molecular weight is 168 g/mol. The highest BCUT2D eigenvalue weighted by Crippen LogP contribution is 2.31. The first kappa shape index (κ1) is 8.84. The Morgan fingerprint density at radius 2 is 2.00 bits per heavy atom. The Labute approximate surface area is 63.5 Å². The fraction of sp³-hybridized carbons (Fsp3) is 1.00. The van der Waals surface area contributed by atoms with Crippen LogP contribution < -0.4 is 0 Å². The van der Waals surface area contributed by atoms with Crippen LogP contribution in [0, 0.1) is 5.92 Å². The Balaban J connectivity index is 2.46. The molecule has 1 saturated heterocycles. The molecule has 0 aromatic rings. The maximum Gasteiger partial charge on any atom is 0.414 e. The molecule has 0 aromatic heterocycles. The van der Waals surface area contributed by atoms with Crippen LogP contribution in [0.15, 0.2) is 0 Å². The van der Waals surface area contributed by atoms with E-state index in [1.807, 2.05) is 6.92 Å². The maximum absolute atomic E-state index is 12.0. The molecule has 0 radical (unpaired) electrons. The first-order valence-corrected chi connectivity index (χ1v) is 3.68. The molecule has 0 aromatic carbocycles. The Morgan fingerprint density at radius 3 is 2.36 bits per heavy atom. The summed E-state index contributed by atoms with van der Waals surface area (Å²) in [6.07, 6.45) is -4.84. The van der Waals surface area contributed by atoms with Crippen LogP contribution in [-0.4, -0.2) is 18.9 Å². The Kier molecular flexibility index (Phi) is 2.42. The lowest BCUT2D eigenvalue weighted by Crippen LogP contribution is -2.37. The number of hydrogen-bond donors (Lipinski definition) is 0. The molecule has 11 heavy (non-hydrogen) atoms. The van der Waals surface area contributed by atoms with Crippen molar-refractivity contribution >= 4 is 0 Å². The lowest BCUT2D eigenvalue weighted by atomic mass is 9.97. The van der Waals surface area contributed by atoms with Crippen molar-refractivity contribution in [2.45, 2.75) is 32.0 Å². The summed E-state index contributed by atoms with van der Waals surface area (Å²) in [5.41, 5.74) is 0. The van der Waals surface area contributed by atoms with Crippen LogP contribution in [0.2, 0.25) is 0 Å². The first-order chi connectivity index (χ1) is 5.00. The standard InChI is InChI=1S/C7H11F3O/c1-5-2-3-11-6(4-5)7(8,9)10/h5-6H,2-4H2,1H3. The molecule has 1 aliphatic heterocycles. The smallest absolute Gasteiger partial charge is 0.369 e. The predicted octanol–water partition coefficient (Wildman–Crippen LogP) is 2.36. The molecule has 0 amide bonds. The zero-order valence-electron chi connectivity index (χ0n) is 6.32. The van der Waals surface area contributed by atoms with Crippen LogP contribution in [0.5, 0.6) is 0 Å². The molecular weight excluding hydrogens is 157 g/mol. The summed E-state index contributed by atoms with van der Waals surface area (Å²) >= 11 is 0. The van der Waals surface area contributed by atoms with Crippen molar-refractivity contribution in [3.63, 3.8) is 0 Å². The van der Waals surface area contributed by atoms with Crippen molar-refractivity contribution in [3.05, 3.63) is 0 Å². The van der Waals surface area contributed by atoms with E-state index in [2.05, 4.69) is 4.74 Å². The van der Waals surface area contributed by atoms with Crippen molar-refractivity contribution in [1.29, 1.82) is 0 Å². The van der Waals surface area contributed by atoms with Crippen molar-refractivity contribution in [3.8, 4) is 0 Å². The minimum Gasteiger partial charge on any atom is -0.369 e. The Hall–Kier alpha value is -0.250. The molecule has 1 aliphatic rings. The van der Waals surface area contributed by atoms with Gasteiger partial charge in [-0.15, -0.1) is 0 Å². The number of rotatable bonds is 0. The average Bonchev–Trinajstić information content (AvgIpc) is 1.86. The van der Waals surface area contributed by atoms with Gasteiger partial charge in [0.15, 0.2) is 6.10 Å². The lowest BCUT2D eigenvalue weighted by molar-refractivity contribution is -0.234. The monoisotopic (exact) mass is 168 g/mol. The summed E-state index contributed by atoms with van der Waals surface area (Å²) in [6, 6.07) is 0. The number of ether oxygens (including phenoxy) is 1. The van der Waals surface area contributed by atoms with Crippen molar-refractivity contribution in [2.24, 2.45) is 5.92 Å². The van der Waals surface area contributed by atoms with Gasteiger partial charge in [0.2, 0.25) is 0 Å². The zero-order chi connectivity index (χ0) is 8.48. The third-order valence-electron chi connectivity index (χ3n) is 1.91. The van der Waals surface area contributed by atoms with Gasteiger partial charge >= 0.3 is 6.18 Å². The second kappa shape index (κ2) is 3.01. The van der Waals surface area contributed by atoms with E-state index in [-0.39, 0.29) is 18.9 Å². The molecule has 0 aliphatic carbocycles. The fourth-order valence-electron chi connectivity index (χ4n) is 1.19. The SMILES string of the molecule is CC1CCOC(C(F)(F)F)C1. The molecule has 4 heteroatoms. The molecule has 0 bridgehead atoms. The normalized spacial score (nSPS) is 33.8. The van der Waals surface area contributed by atoms with Crippen LogP contribution in [0.4, 0.5) is 13.2 Å². The van der Waals surface area contributed by atoms with E-state index in [9.17, 15) is 13.2 Å². The van der Waals surface area contributed by atoms with Crippen LogP contribution >= 0.6 is 0 Å². The van der Waals surface area contributed by atoms with E-state index in [0.717, 1.165) is 6.42 Å². The fourth-order valence-corrected chi connectivity index (χ4v) is 1.19. The van der Waals surface area contributed by atoms with Crippen LogP contribution in [-0.2, 0) is 4.74 Å². The third-order valence-corrected chi connectivity index (χ3v) is 1.91. The van der Waals surface area contributed by atoms with E-state index in [1.165, 1.54) is 0 Å². The van der Waals surface area contributed by atoms with Gasteiger partial charge in [-0.1, -0.05) is 6.92 Å². The minimum atomic E-state index is -4.17. The van der Waals surface area contributed by atoms with E-state index in [4.69, 9.17) is 0 Å². The van der Waals surface area contributed by atoms with Gasteiger partial charge in [0.25, 0.3) is 0 Å². The zero-order valence-corrected chi connectivity index (χ0v) is 6.32. The van der Waals surface area contributed by atoms with Gasteiger partial charge in [0, 0.05) is 6.61 Å². The summed E-state index contributed by atoms with van der Waals surface area (Å²) in [5.74, 6) is 0.135. The lowest BCUT2D eigenvalue weighted by Gasteiger charge is -2.28. The van der Waals surface area contributed by atoms with Crippen molar-refractivity contribution in [1.82, 2.24) is 0 Å². The molecule has 2 atom stereocenters. The molecule has 1 nitrogen and oxygen atoms in total. The maximum atomic E-state index is 12.0. The summed E-state index contributed by atoms with van der Waals surface area (Å²) in [5, 5.41) is 0. The summed E-state index contributed by atoms with van der Waals surface area (Å²) in [7, 11) is 0. The van der Waals surface area contributed by atoms with Crippen molar-refractivity contribution in [2.75, 3.05) is 6.61 Å². The molecule has 0 spiro atoms. The van der Waals surface area contributed by atoms with Gasteiger partial charge in [0.05, 0.1) is 0 Å². The highest BCUT2D eigenvalue weighted by Gasteiger charge is 2.42. The van der Waals surface area contributed by atoms with Gasteiger partial charge < -0.3 is 4.74 Å². The topological polar surface area (TPSA) is 9.23 Å². The Morgan fingerprint density at radius 1 is 1.36 bits per heavy atom. The quantitative estimate of drug-likeness (QED) is 0.539. The summed E-state index contributed by atoms with van der Waals surface area (Å²) in [6.45, 7) is 2.06.